The zero-order valence-electron chi connectivity index (χ0n) is 11.4. The minimum atomic E-state index is -0.477. The van der Waals surface area contributed by atoms with Crippen LogP contribution in [0.25, 0.3) is 6.08 Å². The van der Waals surface area contributed by atoms with Crippen molar-refractivity contribution in [2.45, 2.75) is 38.9 Å². The van der Waals surface area contributed by atoms with Crippen molar-refractivity contribution in [2.75, 3.05) is 0 Å². The van der Waals surface area contributed by atoms with E-state index in [1.165, 1.54) is 0 Å². The molecule has 0 unspecified atom stereocenters. The molecule has 0 spiro atoms. The fraction of sp³-hybridized carbons (Fsp3) is 0.429. The van der Waals surface area contributed by atoms with Gasteiger partial charge in [0.1, 0.15) is 5.75 Å². The quantitative estimate of drug-likeness (QED) is 0.814. The molecule has 0 aliphatic carbocycles. The van der Waals surface area contributed by atoms with Gasteiger partial charge in [0, 0.05) is 0 Å². The summed E-state index contributed by atoms with van der Waals surface area (Å²) in [6.45, 7) is 11.8. The summed E-state index contributed by atoms with van der Waals surface area (Å²) in [4.78, 5) is 0. The van der Waals surface area contributed by atoms with Crippen LogP contribution in [-0.4, -0.2) is 23.4 Å². The molecule has 18 heavy (non-hydrogen) atoms. The molecule has 1 aliphatic heterocycles. The van der Waals surface area contributed by atoms with Crippen LogP contribution in [0.15, 0.2) is 24.8 Å². The van der Waals surface area contributed by atoms with Crippen molar-refractivity contribution in [1.82, 2.24) is 0 Å². The SMILES string of the molecule is C=Cc1ccc(O)cc1B1OC(C)(C)C(C)(C)O1. The van der Waals surface area contributed by atoms with Crippen LogP contribution in [-0.2, 0) is 9.31 Å². The molecular weight excluding hydrogens is 227 g/mol. The Bertz CT molecular complexity index is 464. The molecular formula is C14H19BO3. The van der Waals surface area contributed by atoms with Gasteiger partial charge in [0.25, 0.3) is 0 Å². The molecule has 1 aromatic carbocycles. The van der Waals surface area contributed by atoms with Crippen LogP contribution in [0.3, 0.4) is 0 Å². The van der Waals surface area contributed by atoms with Gasteiger partial charge >= 0.3 is 7.12 Å². The summed E-state index contributed by atoms with van der Waals surface area (Å²) in [5, 5.41) is 9.61. The first-order valence-electron chi connectivity index (χ1n) is 6.08. The molecule has 4 heteroatoms. The summed E-state index contributed by atoms with van der Waals surface area (Å²) in [6.07, 6.45) is 1.74. The molecule has 1 N–H and O–H groups in total. The molecule has 0 bridgehead atoms. The number of hydrogen-bond acceptors (Lipinski definition) is 3. The minimum Gasteiger partial charge on any atom is -0.508 e. The van der Waals surface area contributed by atoms with Gasteiger partial charge in [-0.1, -0.05) is 18.7 Å². The lowest BCUT2D eigenvalue weighted by Crippen LogP contribution is -2.41. The highest BCUT2D eigenvalue weighted by molar-refractivity contribution is 6.63. The Hall–Kier alpha value is -1.26. The van der Waals surface area contributed by atoms with E-state index in [4.69, 9.17) is 9.31 Å². The smallest absolute Gasteiger partial charge is 0.495 e. The van der Waals surface area contributed by atoms with Crippen LogP contribution in [0.1, 0.15) is 33.3 Å². The summed E-state index contributed by atoms with van der Waals surface area (Å²) in [5.74, 6) is 0.199. The van der Waals surface area contributed by atoms with Crippen LogP contribution in [0.5, 0.6) is 5.75 Å². The Morgan fingerprint density at radius 3 is 2.22 bits per heavy atom. The Kier molecular flexibility index (Phi) is 3.03. The van der Waals surface area contributed by atoms with Crippen molar-refractivity contribution in [2.24, 2.45) is 0 Å². The predicted octanol–water partition coefficient (Wildman–Crippen LogP) is 2.33. The number of rotatable bonds is 2. The second-order valence-electron chi connectivity index (χ2n) is 5.61. The predicted molar refractivity (Wildman–Crippen MR) is 73.9 cm³/mol. The molecule has 2 rings (SSSR count). The van der Waals surface area contributed by atoms with Gasteiger partial charge in [0.15, 0.2) is 0 Å². The lowest BCUT2D eigenvalue weighted by Gasteiger charge is -2.32. The van der Waals surface area contributed by atoms with Gasteiger partial charge in [-0.25, -0.2) is 0 Å². The number of hydrogen-bond donors (Lipinski definition) is 1. The largest absolute Gasteiger partial charge is 0.508 e. The summed E-state index contributed by atoms with van der Waals surface area (Å²) in [6, 6.07) is 5.10. The van der Waals surface area contributed by atoms with E-state index < -0.39 is 7.12 Å². The van der Waals surface area contributed by atoms with Gasteiger partial charge in [-0.15, -0.1) is 0 Å². The molecule has 1 saturated heterocycles. The van der Waals surface area contributed by atoms with Crippen LogP contribution >= 0.6 is 0 Å². The van der Waals surface area contributed by atoms with Gasteiger partial charge in [-0.2, -0.15) is 0 Å². The average Bonchev–Trinajstić information content (AvgIpc) is 2.48. The van der Waals surface area contributed by atoms with Gasteiger partial charge in [0.05, 0.1) is 11.2 Å². The van der Waals surface area contributed by atoms with E-state index in [1.54, 1.807) is 18.2 Å². The van der Waals surface area contributed by atoms with Crippen molar-refractivity contribution >= 4 is 18.7 Å². The van der Waals surface area contributed by atoms with Crippen molar-refractivity contribution in [3.63, 3.8) is 0 Å². The van der Waals surface area contributed by atoms with Gasteiger partial charge in [0.2, 0.25) is 0 Å². The molecule has 1 fully saturated rings. The topological polar surface area (TPSA) is 38.7 Å². The standard InChI is InChI=1S/C14H19BO3/c1-6-10-7-8-11(16)9-12(10)15-17-13(2,3)14(4,5)18-15/h6-9,16H,1H2,2-5H3. The number of aromatic hydroxyl groups is 1. The van der Waals surface area contributed by atoms with Gasteiger partial charge < -0.3 is 14.4 Å². The molecule has 0 saturated carbocycles. The van der Waals surface area contributed by atoms with Crippen LogP contribution < -0.4 is 5.46 Å². The molecule has 1 aromatic rings. The third kappa shape index (κ3) is 2.06. The summed E-state index contributed by atoms with van der Waals surface area (Å²) >= 11 is 0. The van der Waals surface area contributed by atoms with Crippen LogP contribution in [0.4, 0.5) is 0 Å². The fourth-order valence-corrected chi connectivity index (χ4v) is 1.92. The molecule has 1 aliphatic rings. The minimum absolute atomic E-state index is 0.199. The Labute approximate surface area is 109 Å². The maximum absolute atomic E-state index is 9.61. The maximum atomic E-state index is 9.61. The highest BCUT2D eigenvalue weighted by atomic mass is 16.7. The van der Waals surface area contributed by atoms with Crippen molar-refractivity contribution in [3.05, 3.63) is 30.3 Å². The second kappa shape index (κ2) is 4.14. The third-order valence-corrected chi connectivity index (χ3v) is 3.80. The zero-order chi connectivity index (χ0) is 13.6. The van der Waals surface area contributed by atoms with E-state index in [1.807, 2.05) is 33.8 Å². The highest BCUT2D eigenvalue weighted by Gasteiger charge is 2.52. The first kappa shape index (κ1) is 13.2. The van der Waals surface area contributed by atoms with Crippen LogP contribution in [0, 0.1) is 0 Å². The third-order valence-electron chi connectivity index (χ3n) is 3.80. The first-order valence-corrected chi connectivity index (χ1v) is 6.08. The Morgan fingerprint density at radius 2 is 1.72 bits per heavy atom. The second-order valence-corrected chi connectivity index (χ2v) is 5.61. The molecule has 1 heterocycles. The van der Waals surface area contributed by atoms with Crippen molar-refractivity contribution < 1.29 is 14.4 Å². The fourth-order valence-electron chi connectivity index (χ4n) is 1.92. The van der Waals surface area contributed by atoms with E-state index in [0.717, 1.165) is 11.0 Å². The van der Waals surface area contributed by atoms with E-state index in [2.05, 4.69) is 6.58 Å². The zero-order valence-corrected chi connectivity index (χ0v) is 11.4. The van der Waals surface area contributed by atoms with Crippen molar-refractivity contribution in [1.29, 1.82) is 0 Å². The van der Waals surface area contributed by atoms with Crippen molar-refractivity contribution in [3.8, 4) is 5.75 Å². The van der Waals surface area contributed by atoms with E-state index >= 15 is 0 Å². The van der Waals surface area contributed by atoms with Gasteiger partial charge in [-0.3, -0.25) is 0 Å². The lowest BCUT2D eigenvalue weighted by molar-refractivity contribution is 0.00578. The Balaban J connectivity index is 2.40. The number of benzene rings is 1. The lowest BCUT2D eigenvalue weighted by atomic mass is 9.76. The summed E-state index contributed by atoms with van der Waals surface area (Å²) in [5.41, 5.74) is 0.943. The Morgan fingerprint density at radius 1 is 1.17 bits per heavy atom. The summed E-state index contributed by atoms with van der Waals surface area (Å²) < 4.78 is 11.9. The highest BCUT2D eigenvalue weighted by Crippen LogP contribution is 2.36. The molecule has 3 nitrogen and oxygen atoms in total. The molecule has 0 atom stereocenters. The molecule has 0 amide bonds. The first-order chi connectivity index (χ1) is 8.27. The van der Waals surface area contributed by atoms with E-state index in [9.17, 15) is 5.11 Å². The monoisotopic (exact) mass is 246 g/mol. The van der Waals surface area contributed by atoms with Gasteiger partial charge in [-0.05, 0) is 50.9 Å². The number of phenolic OH excluding ortho intramolecular Hbond substituents is 1. The molecule has 0 aromatic heterocycles. The summed E-state index contributed by atoms with van der Waals surface area (Å²) in [7, 11) is -0.477. The number of phenols is 1. The molecule has 0 radical (unpaired) electrons. The van der Waals surface area contributed by atoms with E-state index in [0.29, 0.717) is 0 Å². The van der Waals surface area contributed by atoms with E-state index in [-0.39, 0.29) is 17.0 Å². The molecule has 96 valence electrons. The van der Waals surface area contributed by atoms with Crippen LogP contribution in [0.2, 0.25) is 0 Å². The average molecular weight is 246 g/mol. The normalized spacial score (nSPS) is 21.0. The maximum Gasteiger partial charge on any atom is 0.495 e.